The quantitative estimate of drug-likeness (QED) is 0.864. The van der Waals surface area contributed by atoms with E-state index in [1.807, 2.05) is 0 Å². The Morgan fingerprint density at radius 3 is 2.67 bits per heavy atom. The molecule has 0 saturated carbocycles. The van der Waals surface area contributed by atoms with Crippen LogP contribution in [0.1, 0.15) is 10.5 Å². The molecule has 0 spiro atoms. The highest BCUT2D eigenvalue weighted by molar-refractivity contribution is 9.10. The molecule has 0 saturated heterocycles. The number of pyridine rings is 1. The summed E-state index contributed by atoms with van der Waals surface area (Å²) in [6, 6.07) is 6.60. The van der Waals surface area contributed by atoms with Crippen LogP contribution in [0.5, 0.6) is 0 Å². The van der Waals surface area contributed by atoms with Gasteiger partial charge in [-0.1, -0.05) is 6.07 Å². The summed E-state index contributed by atoms with van der Waals surface area (Å²) in [5, 5.41) is 2.26. The van der Waals surface area contributed by atoms with Crippen LogP contribution in [-0.2, 0) is 0 Å². The van der Waals surface area contributed by atoms with Gasteiger partial charge in [0.1, 0.15) is 17.3 Å². The van der Waals surface area contributed by atoms with E-state index in [0.717, 1.165) is 12.1 Å². The zero-order valence-corrected chi connectivity index (χ0v) is 10.5. The molecule has 0 fully saturated rings. The van der Waals surface area contributed by atoms with Crippen LogP contribution < -0.4 is 5.32 Å². The fourth-order valence-corrected chi connectivity index (χ4v) is 1.62. The molecule has 0 atom stereocenters. The van der Waals surface area contributed by atoms with Gasteiger partial charge in [0.15, 0.2) is 0 Å². The van der Waals surface area contributed by atoms with E-state index in [1.54, 1.807) is 12.1 Å². The van der Waals surface area contributed by atoms with Crippen molar-refractivity contribution in [2.24, 2.45) is 0 Å². The van der Waals surface area contributed by atoms with Crippen molar-refractivity contribution in [1.29, 1.82) is 0 Å². The Morgan fingerprint density at radius 2 is 2.00 bits per heavy atom. The van der Waals surface area contributed by atoms with Gasteiger partial charge in [-0.15, -0.1) is 0 Å². The summed E-state index contributed by atoms with van der Waals surface area (Å²) in [6.45, 7) is 0. The van der Waals surface area contributed by atoms with Crippen molar-refractivity contribution in [2.75, 3.05) is 5.32 Å². The minimum atomic E-state index is -0.729. The Labute approximate surface area is 110 Å². The van der Waals surface area contributed by atoms with Crippen LogP contribution in [0.2, 0.25) is 0 Å². The number of nitrogens with zero attached hydrogens (tertiary/aromatic N) is 1. The Bertz CT molecular complexity index is 590. The van der Waals surface area contributed by atoms with Gasteiger partial charge in [-0.2, -0.15) is 0 Å². The average Bonchev–Trinajstić information content (AvgIpc) is 2.37. The zero-order valence-electron chi connectivity index (χ0n) is 8.95. The van der Waals surface area contributed by atoms with Gasteiger partial charge >= 0.3 is 0 Å². The first-order valence-electron chi connectivity index (χ1n) is 4.95. The van der Waals surface area contributed by atoms with E-state index in [2.05, 4.69) is 26.2 Å². The SMILES string of the molecule is O=C(Nc1cc(F)c(Br)cc1F)c1ccccn1. The highest BCUT2D eigenvalue weighted by Crippen LogP contribution is 2.23. The smallest absolute Gasteiger partial charge is 0.274 e. The molecule has 0 bridgehead atoms. The second-order valence-electron chi connectivity index (χ2n) is 3.42. The van der Waals surface area contributed by atoms with Crippen molar-refractivity contribution in [3.8, 4) is 0 Å². The summed E-state index contributed by atoms with van der Waals surface area (Å²) in [4.78, 5) is 15.5. The van der Waals surface area contributed by atoms with Crippen molar-refractivity contribution in [1.82, 2.24) is 4.98 Å². The van der Waals surface area contributed by atoms with Gasteiger partial charge in [0.25, 0.3) is 5.91 Å². The molecule has 0 aliphatic carbocycles. The Kier molecular flexibility index (Phi) is 3.66. The molecule has 2 aromatic rings. The fraction of sp³-hybridized carbons (Fsp3) is 0. The summed E-state index contributed by atoms with van der Waals surface area (Å²) < 4.78 is 26.7. The molecule has 6 heteroatoms. The number of anilines is 1. The van der Waals surface area contributed by atoms with Gasteiger partial charge in [-0.3, -0.25) is 9.78 Å². The van der Waals surface area contributed by atoms with E-state index in [4.69, 9.17) is 0 Å². The molecule has 1 aromatic carbocycles. The molecule has 2 rings (SSSR count). The van der Waals surface area contributed by atoms with Crippen LogP contribution >= 0.6 is 15.9 Å². The number of nitrogens with one attached hydrogen (secondary N) is 1. The molecule has 1 N–H and O–H groups in total. The molecular formula is C12H7BrF2N2O. The molecule has 0 unspecified atom stereocenters. The van der Waals surface area contributed by atoms with Gasteiger partial charge in [0.2, 0.25) is 0 Å². The summed E-state index contributed by atoms with van der Waals surface area (Å²) in [7, 11) is 0. The average molecular weight is 313 g/mol. The number of hydrogen-bond donors (Lipinski definition) is 1. The van der Waals surface area contributed by atoms with Crippen molar-refractivity contribution >= 4 is 27.5 Å². The third kappa shape index (κ3) is 2.70. The lowest BCUT2D eigenvalue weighted by atomic mass is 10.2. The predicted molar refractivity (Wildman–Crippen MR) is 66.2 cm³/mol. The first-order valence-corrected chi connectivity index (χ1v) is 5.74. The first-order chi connectivity index (χ1) is 8.58. The number of carbonyl (C=O) groups excluding carboxylic acids is 1. The molecular weight excluding hydrogens is 306 g/mol. The maximum Gasteiger partial charge on any atom is 0.274 e. The van der Waals surface area contributed by atoms with Crippen molar-refractivity contribution < 1.29 is 13.6 Å². The third-order valence-corrected chi connectivity index (χ3v) is 2.76. The molecule has 1 heterocycles. The molecule has 1 amide bonds. The van der Waals surface area contributed by atoms with Gasteiger partial charge < -0.3 is 5.32 Å². The second kappa shape index (κ2) is 5.22. The lowest BCUT2D eigenvalue weighted by molar-refractivity contribution is 0.102. The lowest BCUT2D eigenvalue weighted by Crippen LogP contribution is -2.14. The monoisotopic (exact) mass is 312 g/mol. The highest BCUT2D eigenvalue weighted by atomic mass is 79.9. The molecule has 1 aromatic heterocycles. The number of rotatable bonds is 2. The molecule has 92 valence electrons. The van der Waals surface area contributed by atoms with Gasteiger partial charge in [-0.25, -0.2) is 8.78 Å². The van der Waals surface area contributed by atoms with E-state index in [9.17, 15) is 13.6 Å². The van der Waals surface area contributed by atoms with Crippen LogP contribution in [0.15, 0.2) is 41.0 Å². The van der Waals surface area contributed by atoms with E-state index in [1.165, 1.54) is 12.3 Å². The number of aromatic nitrogens is 1. The molecule has 0 aliphatic heterocycles. The molecule has 18 heavy (non-hydrogen) atoms. The Morgan fingerprint density at radius 1 is 1.22 bits per heavy atom. The molecule has 0 radical (unpaired) electrons. The largest absolute Gasteiger partial charge is 0.318 e. The number of halogens is 3. The van der Waals surface area contributed by atoms with Crippen LogP contribution in [0, 0.1) is 11.6 Å². The number of benzene rings is 1. The van der Waals surface area contributed by atoms with Crippen molar-refractivity contribution in [2.45, 2.75) is 0 Å². The van der Waals surface area contributed by atoms with E-state index in [0.29, 0.717) is 0 Å². The third-order valence-electron chi connectivity index (χ3n) is 2.16. The standard InChI is InChI=1S/C12H7BrF2N2O/c13-7-5-9(15)11(6-8(7)14)17-12(18)10-3-1-2-4-16-10/h1-6H,(H,17,18). The van der Waals surface area contributed by atoms with E-state index in [-0.39, 0.29) is 15.9 Å². The van der Waals surface area contributed by atoms with Gasteiger partial charge in [-0.05, 0) is 34.1 Å². The topological polar surface area (TPSA) is 42.0 Å². The summed E-state index contributed by atoms with van der Waals surface area (Å²) >= 11 is 2.85. The van der Waals surface area contributed by atoms with E-state index >= 15 is 0 Å². The zero-order chi connectivity index (χ0) is 13.1. The molecule has 3 nitrogen and oxygen atoms in total. The van der Waals surface area contributed by atoms with Crippen LogP contribution in [0.4, 0.5) is 14.5 Å². The normalized spacial score (nSPS) is 10.2. The van der Waals surface area contributed by atoms with E-state index < -0.39 is 17.5 Å². The first kappa shape index (κ1) is 12.6. The van der Waals surface area contributed by atoms with Crippen molar-refractivity contribution in [3.63, 3.8) is 0 Å². The van der Waals surface area contributed by atoms with Crippen molar-refractivity contribution in [3.05, 3.63) is 58.3 Å². The maximum atomic E-state index is 13.5. The maximum absolute atomic E-state index is 13.5. The van der Waals surface area contributed by atoms with Crippen LogP contribution in [-0.4, -0.2) is 10.9 Å². The predicted octanol–water partition coefficient (Wildman–Crippen LogP) is 3.37. The summed E-state index contributed by atoms with van der Waals surface area (Å²) in [5.41, 5.74) is -0.105. The lowest BCUT2D eigenvalue weighted by Gasteiger charge is -2.06. The summed E-state index contributed by atoms with van der Waals surface area (Å²) in [5.74, 6) is -1.99. The minimum absolute atomic E-state index is 0.00386. The number of carbonyl (C=O) groups is 1. The fourth-order valence-electron chi connectivity index (χ4n) is 1.30. The number of amides is 1. The van der Waals surface area contributed by atoms with Gasteiger partial charge in [0.05, 0.1) is 10.2 Å². The number of hydrogen-bond acceptors (Lipinski definition) is 2. The second-order valence-corrected chi connectivity index (χ2v) is 4.27. The molecule has 0 aliphatic rings. The Hall–Kier alpha value is -1.82. The van der Waals surface area contributed by atoms with Crippen LogP contribution in [0.25, 0.3) is 0 Å². The van der Waals surface area contributed by atoms with Gasteiger partial charge in [0, 0.05) is 12.3 Å². The summed E-state index contributed by atoms with van der Waals surface area (Å²) in [6.07, 6.45) is 1.44. The minimum Gasteiger partial charge on any atom is -0.318 e. The Balaban J connectivity index is 2.25. The highest BCUT2D eigenvalue weighted by Gasteiger charge is 2.12. The van der Waals surface area contributed by atoms with Crippen LogP contribution in [0.3, 0.4) is 0 Å².